The Labute approximate surface area is 206 Å². The predicted molar refractivity (Wildman–Crippen MR) is 132 cm³/mol. The number of dihydropyridines is 1. The number of halogens is 2. The molecule has 4 rings (SSSR count). The average Bonchev–Trinajstić information content (AvgIpc) is 2.76. The van der Waals surface area contributed by atoms with E-state index in [1.165, 1.54) is 0 Å². The van der Waals surface area contributed by atoms with Gasteiger partial charge in [0.15, 0.2) is 0 Å². The molecular weight excluding hydrogens is 483 g/mol. The first-order valence-corrected chi connectivity index (χ1v) is 13.4. The maximum Gasteiger partial charge on any atom is 0.255 e. The van der Waals surface area contributed by atoms with Crippen molar-refractivity contribution in [2.75, 3.05) is 31.7 Å². The van der Waals surface area contributed by atoms with Crippen molar-refractivity contribution in [3.63, 3.8) is 0 Å². The summed E-state index contributed by atoms with van der Waals surface area (Å²) in [6, 6.07) is 1.82. The molecule has 2 unspecified atom stereocenters. The van der Waals surface area contributed by atoms with Crippen molar-refractivity contribution in [1.82, 2.24) is 4.90 Å². The Morgan fingerprint density at radius 3 is 2.58 bits per heavy atom. The number of carbonyl (C=O) groups is 2. The summed E-state index contributed by atoms with van der Waals surface area (Å²) in [5.41, 5.74) is 3.42. The van der Waals surface area contributed by atoms with Crippen LogP contribution in [0.4, 0.5) is 0 Å². The van der Waals surface area contributed by atoms with Gasteiger partial charge in [-0.15, -0.1) is 0 Å². The SMILES string of the molecule is COC(c1cc(Cl)c2c(c1Cl)C(=O)N(CC1C(=O)N=C(C)C=C1C)CC2)C1CCS(=O)CC1. The smallest absolute Gasteiger partial charge is 0.255 e. The summed E-state index contributed by atoms with van der Waals surface area (Å²) in [7, 11) is 0.839. The summed E-state index contributed by atoms with van der Waals surface area (Å²) in [5, 5.41) is 0.864. The highest BCUT2D eigenvalue weighted by Crippen LogP contribution is 2.42. The molecule has 3 aliphatic rings. The van der Waals surface area contributed by atoms with E-state index in [0.29, 0.717) is 51.4 Å². The van der Waals surface area contributed by atoms with E-state index in [2.05, 4.69) is 4.99 Å². The Bertz CT molecular complexity index is 1070. The summed E-state index contributed by atoms with van der Waals surface area (Å²) in [5.74, 6) is 0.527. The van der Waals surface area contributed by atoms with Gasteiger partial charge in [0.1, 0.15) is 0 Å². The normalized spacial score (nSPS) is 26.6. The van der Waals surface area contributed by atoms with Gasteiger partial charge in [0.2, 0.25) is 0 Å². The summed E-state index contributed by atoms with van der Waals surface area (Å²) in [4.78, 5) is 31.8. The molecule has 2 atom stereocenters. The molecule has 0 aromatic heterocycles. The van der Waals surface area contributed by atoms with Crippen molar-refractivity contribution >= 4 is 51.5 Å². The van der Waals surface area contributed by atoms with Crippen molar-refractivity contribution in [3.8, 4) is 0 Å². The van der Waals surface area contributed by atoms with E-state index in [-0.39, 0.29) is 30.4 Å². The maximum absolute atomic E-state index is 13.6. The number of benzene rings is 1. The number of aliphatic imine (C=N–C) groups is 1. The minimum atomic E-state index is -0.787. The van der Waals surface area contributed by atoms with Gasteiger partial charge in [-0.25, -0.2) is 4.99 Å². The van der Waals surface area contributed by atoms with E-state index in [1.54, 1.807) is 18.9 Å². The number of allylic oxidation sites excluding steroid dienone is 1. The van der Waals surface area contributed by atoms with Gasteiger partial charge in [-0.05, 0) is 56.7 Å². The first-order valence-electron chi connectivity index (χ1n) is 11.2. The van der Waals surface area contributed by atoms with Gasteiger partial charge in [-0.3, -0.25) is 13.8 Å². The Kier molecular flexibility index (Phi) is 7.44. The fourth-order valence-electron chi connectivity index (χ4n) is 5.08. The number of rotatable bonds is 5. The van der Waals surface area contributed by atoms with Crippen molar-refractivity contribution in [3.05, 3.63) is 44.5 Å². The molecule has 1 saturated heterocycles. The highest BCUT2D eigenvalue weighted by atomic mass is 35.5. The number of ether oxygens (including phenoxy) is 1. The zero-order valence-corrected chi connectivity index (χ0v) is 21.4. The Morgan fingerprint density at radius 2 is 1.94 bits per heavy atom. The van der Waals surface area contributed by atoms with E-state index < -0.39 is 16.7 Å². The molecule has 0 bridgehead atoms. The number of methoxy groups -OCH3 is 1. The maximum atomic E-state index is 13.6. The third-order valence-corrected chi connectivity index (χ3v) is 9.00. The lowest BCUT2D eigenvalue weighted by Crippen LogP contribution is -2.43. The van der Waals surface area contributed by atoms with Crippen LogP contribution < -0.4 is 0 Å². The van der Waals surface area contributed by atoms with E-state index in [1.807, 2.05) is 19.1 Å². The monoisotopic (exact) mass is 510 g/mol. The molecule has 0 saturated carbocycles. The van der Waals surface area contributed by atoms with Crippen LogP contribution in [-0.4, -0.2) is 58.3 Å². The van der Waals surface area contributed by atoms with Crippen LogP contribution in [-0.2, 0) is 26.8 Å². The lowest BCUT2D eigenvalue weighted by Gasteiger charge is -2.35. The number of fused-ring (bicyclic) bond motifs is 1. The molecule has 1 fully saturated rings. The number of nitrogens with zero attached hydrogens (tertiary/aromatic N) is 2. The third-order valence-electron chi connectivity index (χ3n) is 6.87. The Morgan fingerprint density at radius 1 is 1.24 bits per heavy atom. The molecule has 1 aromatic carbocycles. The van der Waals surface area contributed by atoms with Crippen LogP contribution in [0.3, 0.4) is 0 Å². The minimum Gasteiger partial charge on any atom is -0.376 e. The molecule has 9 heteroatoms. The summed E-state index contributed by atoms with van der Waals surface area (Å²) < 4.78 is 17.6. The standard InChI is InChI=1S/C24H28Cl2N2O4S/c1-13-10-14(2)27-23(29)18(13)12-28-7-4-16-19(25)11-17(21(26)20(16)24(28)30)22(32-3)15-5-8-33(31)9-6-15/h10-11,15,18,22H,4-9,12H2,1-3H3. The fourth-order valence-corrected chi connectivity index (χ4v) is 7.08. The number of hydrogen-bond donors (Lipinski definition) is 0. The van der Waals surface area contributed by atoms with Crippen LogP contribution in [0, 0.1) is 11.8 Å². The van der Waals surface area contributed by atoms with E-state index >= 15 is 0 Å². The summed E-state index contributed by atoms with van der Waals surface area (Å²) in [6.45, 7) is 4.41. The average molecular weight is 511 g/mol. The fraction of sp³-hybridized carbons (Fsp3) is 0.542. The quantitative estimate of drug-likeness (QED) is 0.587. The van der Waals surface area contributed by atoms with Crippen LogP contribution in [0.1, 0.15) is 54.3 Å². The molecule has 33 heavy (non-hydrogen) atoms. The van der Waals surface area contributed by atoms with Gasteiger partial charge in [-0.2, -0.15) is 0 Å². The van der Waals surface area contributed by atoms with Gasteiger partial charge in [0.25, 0.3) is 11.8 Å². The zero-order chi connectivity index (χ0) is 23.9. The molecule has 0 N–H and O–H groups in total. The molecule has 3 heterocycles. The van der Waals surface area contributed by atoms with Crippen molar-refractivity contribution in [2.45, 2.75) is 39.2 Å². The molecule has 6 nitrogen and oxygen atoms in total. The largest absolute Gasteiger partial charge is 0.376 e. The molecule has 3 aliphatic heterocycles. The molecule has 1 aromatic rings. The van der Waals surface area contributed by atoms with Gasteiger partial charge in [-0.1, -0.05) is 28.8 Å². The Balaban J connectivity index is 1.64. The molecular formula is C24H28Cl2N2O4S. The highest BCUT2D eigenvalue weighted by molar-refractivity contribution is 7.85. The third kappa shape index (κ3) is 4.83. The van der Waals surface area contributed by atoms with Crippen LogP contribution >= 0.6 is 23.2 Å². The van der Waals surface area contributed by atoms with Gasteiger partial charge < -0.3 is 9.64 Å². The lowest BCUT2D eigenvalue weighted by atomic mass is 9.87. The second kappa shape index (κ2) is 9.98. The highest BCUT2D eigenvalue weighted by Gasteiger charge is 2.36. The molecule has 0 aliphatic carbocycles. The van der Waals surface area contributed by atoms with Crippen LogP contribution in [0.5, 0.6) is 0 Å². The van der Waals surface area contributed by atoms with Gasteiger partial charge in [0, 0.05) is 58.8 Å². The Hall–Kier alpha value is -1.54. The predicted octanol–water partition coefficient (Wildman–Crippen LogP) is 4.40. The first kappa shape index (κ1) is 24.6. The minimum absolute atomic E-state index is 0.155. The van der Waals surface area contributed by atoms with E-state index in [9.17, 15) is 13.8 Å². The molecule has 0 spiro atoms. The topological polar surface area (TPSA) is 76.0 Å². The molecule has 178 valence electrons. The van der Waals surface area contributed by atoms with Gasteiger partial charge in [0.05, 0.1) is 22.6 Å². The van der Waals surface area contributed by atoms with E-state index in [0.717, 1.165) is 24.0 Å². The van der Waals surface area contributed by atoms with Crippen LogP contribution in [0.2, 0.25) is 10.0 Å². The number of hydrogen-bond acceptors (Lipinski definition) is 4. The number of amides is 2. The van der Waals surface area contributed by atoms with Crippen molar-refractivity contribution in [2.24, 2.45) is 16.8 Å². The summed E-state index contributed by atoms with van der Waals surface area (Å²) >= 11 is 13.5. The lowest BCUT2D eigenvalue weighted by molar-refractivity contribution is -0.120. The molecule has 2 amide bonds. The van der Waals surface area contributed by atoms with Crippen molar-refractivity contribution in [1.29, 1.82) is 0 Å². The second-order valence-electron chi connectivity index (χ2n) is 8.99. The van der Waals surface area contributed by atoms with Crippen molar-refractivity contribution < 1.29 is 18.5 Å². The zero-order valence-electron chi connectivity index (χ0n) is 19.0. The summed E-state index contributed by atoms with van der Waals surface area (Å²) in [6.07, 6.45) is 3.66. The first-order chi connectivity index (χ1) is 15.7. The second-order valence-corrected chi connectivity index (χ2v) is 11.5. The van der Waals surface area contributed by atoms with Crippen LogP contribution in [0.15, 0.2) is 22.7 Å². The van der Waals surface area contributed by atoms with Crippen LogP contribution in [0.25, 0.3) is 0 Å². The van der Waals surface area contributed by atoms with E-state index in [4.69, 9.17) is 27.9 Å². The van der Waals surface area contributed by atoms with Gasteiger partial charge >= 0.3 is 0 Å². The molecule has 0 radical (unpaired) electrons. The number of carbonyl (C=O) groups excluding carboxylic acids is 2.